The van der Waals surface area contributed by atoms with Crippen LogP contribution < -0.4 is 4.90 Å². The summed E-state index contributed by atoms with van der Waals surface area (Å²) < 4.78 is 1.26. The molecule has 1 aliphatic rings. The van der Waals surface area contributed by atoms with Gasteiger partial charge < -0.3 is 4.90 Å². The van der Waals surface area contributed by atoms with Crippen LogP contribution in [0.1, 0.15) is 18.5 Å². The van der Waals surface area contributed by atoms with E-state index in [1.165, 1.54) is 15.2 Å². The minimum Gasteiger partial charge on any atom is -0.354 e. The van der Waals surface area contributed by atoms with Crippen molar-refractivity contribution >= 4 is 39.1 Å². The van der Waals surface area contributed by atoms with Crippen LogP contribution in [0.4, 0.5) is 5.82 Å². The Morgan fingerprint density at radius 3 is 2.64 bits per heavy atom. The maximum atomic E-state index is 4.61. The van der Waals surface area contributed by atoms with Crippen LogP contribution in [0.15, 0.2) is 46.9 Å². The van der Waals surface area contributed by atoms with E-state index in [9.17, 15) is 0 Å². The van der Waals surface area contributed by atoms with E-state index in [4.69, 9.17) is 0 Å². The second kappa shape index (κ2) is 7.32. The van der Waals surface area contributed by atoms with Crippen molar-refractivity contribution in [2.75, 3.05) is 37.3 Å². The molecule has 1 aromatic carbocycles. The van der Waals surface area contributed by atoms with Crippen molar-refractivity contribution in [2.24, 2.45) is 0 Å². The molecule has 3 heterocycles. The molecule has 0 N–H and O–H groups in total. The Morgan fingerprint density at radius 2 is 1.92 bits per heavy atom. The number of thioether (sulfide) groups is 1. The van der Waals surface area contributed by atoms with Gasteiger partial charge in [-0.3, -0.25) is 4.90 Å². The number of rotatable bonds is 4. The van der Waals surface area contributed by atoms with Crippen LogP contribution in [0.3, 0.4) is 0 Å². The molecule has 0 radical (unpaired) electrons. The summed E-state index contributed by atoms with van der Waals surface area (Å²) in [5.41, 5.74) is 4.40. The Kier molecular flexibility index (Phi) is 4.92. The lowest BCUT2D eigenvalue weighted by molar-refractivity contribution is 0.198. The van der Waals surface area contributed by atoms with Gasteiger partial charge in [0.2, 0.25) is 0 Å². The smallest absolute Gasteiger partial charge is 0.128 e. The van der Waals surface area contributed by atoms with Gasteiger partial charge in [0, 0.05) is 43.3 Å². The SMILES string of the molecule is CSc1ccc(N2CCN(C(C)c3ccc4scnc4c3)CC2)nc1. The first-order valence-corrected chi connectivity index (χ1v) is 10.7. The van der Waals surface area contributed by atoms with Gasteiger partial charge in [0.25, 0.3) is 0 Å². The fourth-order valence-corrected chi connectivity index (χ4v) is 4.39. The van der Waals surface area contributed by atoms with Gasteiger partial charge in [-0.15, -0.1) is 23.1 Å². The summed E-state index contributed by atoms with van der Waals surface area (Å²) in [5.74, 6) is 1.09. The lowest BCUT2D eigenvalue weighted by atomic mass is 10.1. The summed E-state index contributed by atoms with van der Waals surface area (Å²) in [4.78, 5) is 15.2. The molecule has 1 aliphatic heterocycles. The molecule has 3 aromatic rings. The molecule has 1 unspecified atom stereocenters. The Morgan fingerprint density at radius 1 is 1.08 bits per heavy atom. The highest BCUT2D eigenvalue weighted by Gasteiger charge is 2.23. The predicted octanol–water partition coefficient (Wildman–Crippen LogP) is 4.30. The maximum Gasteiger partial charge on any atom is 0.128 e. The molecule has 0 bridgehead atoms. The van der Waals surface area contributed by atoms with Gasteiger partial charge in [0.05, 0.1) is 15.7 Å². The number of thiazole rings is 1. The molecule has 1 fully saturated rings. The van der Waals surface area contributed by atoms with Crippen LogP contribution in [-0.4, -0.2) is 47.3 Å². The van der Waals surface area contributed by atoms with E-state index < -0.39 is 0 Å². The highest BCUT2D eigenvalue weighted by atomic mass is 32.2. The fourth-order valence-electron chi connectivity index (χ4n) is 3.36. The zero-order valence-corrected chi connectivity index (χ0v) is 16.2. The van der Waals surface area contributed by atoms with Gasteiger partial charge in [-0.2, -0.15) is 0 Å². The normalized spacial score (nSPS) is 17.1. The molecule has 6 heteroatoms. The third-order valence-corrected chi connectivity index (χ3v) is 6.50. The molecule has 4 nitrogen and oxygen atoms in total. The second-order valence-electron chi connectivity index (χ2n) is 6.33. The van der Waals surface area contributed by atoms with E-state index in [1.807, 2.05) is 11.7 Å². The van der Waals surface area contributed by atoms with Crippen LogP contribution in [0.5, 0.6) is 0 Å². The van der Waals surface area contributed by atoms with E-state index in [2.05, 4.69) is 63.3 Å². The number of pyridine rings is 1. The number of nitrogens with zero attached hydrogens (tertiary/aromatic N) is 4. The van der Waals surface area contributed by atoms with Gasteiger partial charge >= 0.3 is 0 Å². The van der Waals surface area contributed by atoms with Crippen molar-refractivity contribution in [3.05, 3.63) is 47.6 Å². The Labute approximate surface area is 156 Å². The fraction of sp³-hybridized carbons (Fsp3) is 0.368. The first-order valence-electron chi connectivity index (χ1n) is 8.57. The maximum absolute atomic E-state index is 4.61. The van der Waals surface area contributed by atoms with Crippen molar-refractivity contribution in [2.45, 2.75) is 17.9 Å². The summed E-state index contributed by atoms with van der Waals surface area (Å²) in [6.45, 7) is 6.46. The van der Waals surface area contributed by atoms with Crippen molar-refractivity contribution in [1.82, 2.24) is 14.9 Å². The average molecular weight is 371 g/mol. The standard InChI is InChI=1S/C19H22N4S2/c1-14(15-3-5-18-17(11-15)21-13-25-18)22-7-9-23(10-8-22)19-6-4-16(24-2)12-20-19/h3-6,11-14H,7-10H2,1-2H3. The summed E-state index contributed by atoms with van der Waals surface area (Å²) in [5, 5.41) is 0. The minimum atomic E-state index is 0.417. The number of piperazine rings is 1. The number of hydrogen-bond donors (Lipinski definition) is 0. The largest absolute Gasteiger partial charge is 0.354 e. The predicted molar refractivity (Wildman–Crippen MR) is 108 cm³/mol. The van der Waals surface area contributed by atoms with Crippen LogP contribution in [0.2, 0.25) is 0 Å². The van der Waals surface area contributed by atoms with E-state index >= 15 is 0 Å². The van der Waals surface area contributed by atoms with Gasteiger partial charge in [-0.1, -0.05) is 6.07 Å². The topological polar surface area (TPSA) is 32.3 Å². The number of benzene rings is 1. The lowest BCUT2D eigenvalue weighted by Crippen LogP contribution is -2.47. The Bertz CT molecular complexity index is 838. The van der Waals surface area contributed by atoms with Gasteiger partial charge in [0.15, 0.2) is 0 Å². The van der Waals surface area contributed by atoms with E-state index in [0.717, 1.165) is 37.5 Å². The van der Waals surface area contributed by atoms with Crippen molar-refractivity contribution in [3.63, 3.8) is 0 Å². The lowest BCUT2D eigenvalue weighted by Gasteiger charge is -2.38. The Hall–Kier alpha value is -1.63. The number of anilines is 1. The Balaban J connectivity index is 1.41. The molecule has 0 amide bonds. The van der Waals surface area contributed by atoms with E-state index in [-0.39, 0.29) is 0 Å². The molecule has 0 spiro atoms. The third-order valence-electron chi connectivity index (χ3n) is 4.98. The minimum absolute atomic E-state index is 0.417. The highest BCUT2D eigenvalue weighted by Crippen LogP contribution is 2.27. The van der Waals surface area contributed by atoms with Crippen molar-refractivity contribution in [3.8, 4) is 0 Å². The molecule has 130 valence electrons. The van der Waals surface area contributed by atoms with Gasteiger partial charge in [-0.05, 0) is 43.0 Å². The first kappa shape index (κ1) is 16.8. The third kappa shape index (κ3) is 3.52. The van der Waals surface area contributed by atoms with Crippen LogP contribution in [-0.2, 0) is 0 Å². The summed E-state index contributed by atoms with van der Waals surface area (Å²) in [6, 6.07) is 11.4. The molecule has 1 saturated heterocycles. The molecule has 0 aliphatic carbocycles. The zero-order chi connectivity index (χ0) is 17.2. The number of aromatic nitrogens is 2. The van der Waals surface area contributed by atoms with Gasteiger partial charge in [-0.25, -0.2) is 9.97 Å². The van der Waals surface area contributed by atoms with Gasteiger partial charge in [0.1, 0.15) is 5.82 Å². The van der Waals surface area contributed by atoms with E-state index in [1.54, 1.807) is 23.1 Å². The molecule has 25 heavy (non-hydrogen) atoms. The summed E-state index contributed by atoms with van der Waals surface area (Å²) >= 11 is 3.44. The zero-order valence-electron chi connectivity index (χ0n) is 14.6. The number of fused-ring (bicyclic) bond motifs is 1. The average Bonchev–Trinajstić information content (AvgIpc) is 3.15. The quantitative estimate of drug-likeness (QED) is 0.640. The van der Waals surface area contributed by atoms with Crippen LogP contribution in [0.25, 0.3) is 10.2 Å². The van der Waals surface area contributed by atoms with Crippen LogP contribution >= 0.6 is 23.1 Å². The molecule has 4 rings (SSSR count). The summed E-state index contributed by atoms with van der Waals surface area (Å²) in [6.07, 6.45) is 4.05. The van der Waals surface area contributed by atoms with Crippen LogP contribution in [0, 0.1) is 0 Å². The van der Waals surface area contributed by atoms with E-state index in [0.29, 0.717) is 6.04 Å². The molecular formula is C19H22N4S2. The molecule has 0 saturated carbocycles. The second-order valence-corrected chi connectivity index (χ2v) is 8.10. The molecule has 2 aromatic heterocycles. The summed E-state index contributed by atoms with van der Waals surface area (Å²) in [7, 11) is 0. The number of hydrogen-bond acceptors (Lipinski definition) is 6. The first-order chi connectivity index (χ1) is 12.2. The van der Waals surface area contributed by atoms with Crippen molar-refractivity contribution < 1.29 is 0 Å². The highest BCUT2D eigenvalue weighted by molar-refractivity contribution is 7.98. The molecular weight excluding hydrogens is 348 g/mol. The monoisotopic (exact) mass is 370 g/mol. The van der Waals surface area contributed by atoms with Crippen molar-refractivity contribution in [1.29, 1.82) is 0 Å². The molecule has 1 atom stereocenters.